The number of ether oxygens (including phenoxy) is 2. The van der Waals surface area contributed by atoms with Crippen molar-refractivity contribution in [2.45, 2.75) is 19.4 Å². The number of benzene rings is 2. The SMILES string of the molecule is C=CC(=O)Nc1cccc(C)c1Cc1ncc2oc(C(O)c3c(F)c(OC)cc(OC)c3F)cc2n1. The van der Waals surface area contributed by atoms with E-state index in [1.807, 2.05) is 19.1 Å². The maximum Gasteiger partial charge on any atom is 0.247 e. The zero-order valence-corrected chi connectivity index (χ0v) is 19.8. The van der Waals surface area contributed by atoms with Gasteiger partial charge in [-0.2, -0.15) is 0 Å². The van der Waals surface area contributed by atoms with Crippen molar-refractivity contribution in [3.8, 4) is 11.5 Å². The molecule has 0 aliphatic rings. The van der Waals surface area contributed by atoms with E-state index in [0.717, 1.165) is 17.2 Å². The number of aliphatic hydroxyl groups excluding tert-OH is 1. The van der Waals surface area contributed by atoms with E-state index >= 15 is 0 Å². The van der Waals surface area contributed by atoms with Gasteiger partial charge in [0.05, 0.1) is 26.0 Å². The summed E-state index contributed by atoms with van der Waals surface area (Å²) in [4.78, 5) is 20.6. The van der Waals surface area contributed by atoms with E-state index in [-0.39, 0.29) is 35.2 Å². The molecule has 0 aliphatic heterocycles. The number of halogens is 2. The number of rotatable bonds is 8. The highest BCUT2D eigenvalue weighted by molar-refractivity contribution is 5.99. The molecule has 0 aliphatic carbocycles. The number of aliphatic hydroxyl groups is 1. The van der Waals surface area contributed by atoms with Gasteiger partial charge in [-0.05, 0) is 30.2 Å². The van der Waals surface area contributed by atoms with Gasteiger partial charge in [0, 0.05) is 24.2 Å². The zero-order valence-electron chi connectivity index (χ0n) is 19.8. The summed E-state index contributed by atoms with van der Waals surface area (Å²) in [5.41, 5.74) is 2.19. The Morgan fingerprint density at radius 1 is 1.22 bits per heavy atom. The summed E-state index contributed by atoms with van der Waals surface area (Å²) in [5.74, 6) is -2.82. The lowest BCUT2D eigenvalue weighted by atomic mass is 10.0. The van der Waals surface area contributed by atoms with Crippen LogP contribution in [0.1, 0.15) is 34.4 Å². The fourth-order valence-electron chi connectivity index (χ4n) is 3.80. The molecule has 2 heterocycles. The second kappa shape index (κ2) is 10.1. The standard InChI is InChI=1S/C26H23F2N3O5/c1-5-22(32)31-15-8-6-7-13(2)14(15)9-21-29-12-20-16(30-21)10-19(36-20)26(33)23-24(27)17(34-3)11-18(35-4)25(23)28/h5-8,10-12,26,33H,1,9H2,2-4H3,(H,31,32). The van der Waals surface area contributed by atoms with Crippen LogP contribution < -0.4 is 14.8 Å². The molecule has 2 N–H and O–H groups in total. The molecule has 36 heavy (non-hydrogen) atoms. The Balaban J connectivity index is 1.70. The van der Waals surface area contributed by atoms with Crippen LogP contribution in [-0.2, 0) is 11.2 Å². The summed E-state index contributed by atoms with van der Waals surface area (Å²) in [6, 6.07) is 7.91. The Bertz CT molecular complexity index is 1440. The van der Waals surface area contributed by atoms with Crippen LogP contribution in [0.25, 0.3) is 11.1 Å². The van der Waals surface area contributed by atoms with E-state index in [1.54, 1.807) is 6.07 Å². The average Bonchev–Trinajstić information content (AvgIpc) is 3.30. The highest BCUT2D eigenvalue weighted by Crippen LogP contribution is 2.38. The first-order valence-corrected chi connectivity index (χ1v) is 10.8. The lowest BCUT2D eigenvalue weighted by molar-refractivity contribution is -0.111. The van der Waals surface area contributed by atoms with E-state index in [2.05, 4.69) is 21.9 Å². The number of aryl methyl sites for hydroxylation is 1. The number of hydrogen-bond acceptors (Lipinski definition) is 7. The normalized spacial score (nSPS) is 11.8. The summed E-state index contributed by atoms with van der Waals surface area (Å²) >= 11 is 0. The van der Waals surface area contributed by atoms with Gasteiger partial charge in [0.1, 0.15) is 23.2 Å². The minimum atomic E-state index is -1.80. The number of carbonyl (C=O) groups excluding carboxylic acids is 1. The number of aromatic nitrogens is 2. The van der Waals surface area contributed by atoms with Crippen molar-refractivity contribution in [3.63, 3.8) is 0 Å². The zero-order chi connectivity index (χ0) is 26.0. The number of nitrogens with one attached hydrogen (secondary N) is 1. The van der Waals surface area contributed by atoms with Crippen molar-refractivity contribution in [1.29, 1.82) is 0 Å². The maximum atomic E-state index is 14.9. The molecule has 0 saturated carbocycles. The minimum Gasteiger partial charge on any atom is -0.494 e. The second-order valence-electron chi connectivity index (χ2n) is 7.88. The second-order valence-corrected chi connectivity index (χ2v) is 7.88. The van der Waals surface area contributed by atoms with Gasteiger partial charge in [-0.3, -0.25) is 4.79 Å². The summed E-state index contributed by atoms with van der Waals surface area (Å²) in [5, 5.41) is 13.6. The van der Waals surface area contributed by atoms with Crippen molar-refractivity contribution in [1.82, 2.24) is 9.97 Å². The predicted molar refractivity (Wildman–Crippen MR) is 128 cm³/mol. The number of carbonyl (C=O) groups is 1. The van der Waals surface area contributed by atoms with Crippen molar-refractivity contribution >= 4 is 22.7 Å². The monoisotopic (exact) mass is 495 g/mol. The van der Waals surface area contributed by atoms with Gasteiger partial charge in [0.15, 0.2) is 28.7 Å². The molecule has 4 aromatic rings. The van der Waals surface area contributed by atoms with E-state index in [9.17, 15) is 18.7 Å². The molecule has 2 aromatic heterocycles. The van der Waals surface area contributed by atoms with Gasteiger partial charge in [-0.15, -0.1) is 0 Å². The lowest BCUT2D eigenvalue weighted by Crippen LogP contribution is -2.11. The van der Waals surface area contributed by atoms with Crippen molar-refractivity contribution in [3.05, 3.63) is 89.1 Å². The third-order valence-electron chi connectivity index (χ3n) is 5.68. The Morgan fingerprint density at radius 3 is 2.56 bits per heavy atom. The van der Waals surface area contributed by atoms with Crippen molar-refractivity contribution in [2.24, 2.45) is 0 Å². The van der Waals surface area contributed by atoms with E-state index < -0.39 is 23.3 Å². The van der Waals surface area contributed by atoms with Crippen LogP contribution in [0.5, 0.6) is 11.5 Å². The first-order chi connectivity index (χ1) is 17.3. The molecular formula is C26H23F2N3O5. The number of furan rings is 1. The fraction of sp³-hybridized carbons (Fsp3) is 0.192. The molecule has 0 fully saturated rings. The first kappa shape index (κ1) is 24.8. The highest BCUT2D eigenvalue weighted by Gasteiger charge is 2.29. The third kappa shape index (κ3) is 4.63. The Hall–Kier alpha value is -4.31. The van der Waals surface area contributed by atoms with Gasteiger partial charge >= 0.3 is 0 Å². The lowest BCUT2D eigenvalue weighted by Gasteiger charge is -2.15. The van der Waals surface area contributed by atoms with Crippen LogP contribution in [0, 0.1) is 18.6 Å². The summed E-state index contributed by atoms with van der Waals surface area (Å²) < 4.78 is 45.2. The van der Waals surface area contributed by atoms with Crippen LogP contribution in [-0.4, -0.2) is 35.2 Å². The molecule has 1 unspecified atom stereocenters. The van der Waals surface area contributed by atoms with E-state index in [0.29, 0.717) is 17.0 Å². The summed E-state index contributed by atoms with van der Waals surface area (Å²) in [6.45, 7) is 5.37. The summed E-state index contributed by atoms with van der Waals surface area (Å²) in [7, 11) is 2.43. The fourth-order valence-corrected chi connectivity index (χ4v) is 3.80. The van der Waals surface area contributed by atoms with Crippen molar-refractivity contribution in [2.75, 3.05) is 19.5 Å². The Labute approximate surface area is 205 Å². The van der Waals surface area contributed by atoms with E-state index in [4.69, 9.17) is 13.9 Å². The molecule has 10 heteroatoms. The van der Waals surface area contributed by atoms with Crippen molar-refractivity contribution < 1.29 is 32.6 Å². The average molecular weight is 495 g/mol. The van der Waals surface area contributed by atoms with E-state index in [1.165, 1.54) is 32.6 Å². The number of methoxy groups -OCH3 is 2. The molecule has 4 rings (SSSR count). The predicted octanol–water partition coefficient (Wildman–Crippen LogP) is 4.62. The molecule has 8 nitrogen and oxygen atoms in total. The minimum absolute atomic E-state index is 0.139. The van der Waals surface area contributed by atoms with Crippen LogP contribution in [0.15, 0.2) is 53.6 Å². The number of nitrogens with zero attached hydrogens (tertiary/aromatic N) is 2. The quantitative estimate of drug-likeness (QED) is 0.344. The molecular weight excluding hydrogens is 472 g/mol. The Kier molecular flexibility index (Phi) is 6.98. The molecule has 2 aromatic carbocycles. The molecule has 0 saturated heterocycles. The third-order valence-corrected chi connectivity index (χ3v) is 5.68. The van der Waals surface area contributed by atoms with Gasteiger partial charge in [-0.25, -0.2) is 18.7 Å². The molecule has 1 amide bonds. The molecule has 0 radical (unpaired) electrons. The van der Waals surface area contributed by atoms with Gasteiger partial charge in [-0.1, -0.05) is 18.7 Å². The smallest absolute Gasteiger partial charge is 0.247 e. The van der Waals surface area contributed by atoms with Gasteiger partial charge < -0.3 is 24.3 Å². The number of amides is 1. The molecule has 186 valence electrons. The summed E-state index contributed by atoms with van der Waals surface area (Å²) in [6.07, 6.45) is 1.07. The van der Waals surface area contributed by atoms with Crippen LogP contribution in [0.2, 0.25) is 0 Å². The maximum absolute atomic E-state index is 14.9. The molecule has 1 atom stereocenters. The number of hydrogen-bond donors (Lipinski definition) is 2. The van der Waals surface area contributed by atoms with Gasteiger partial charge in [0.25, 0.3) is 0 Å². The molecule has 0 bridgehead atoms. The largest absolute Gasteiger partial charge is 0.494 e. The number of anilines is 1. The van der Waals surface area contributed by atoms with Gasteiger partial charge in [0.2, 0.25) is 5.91 Å². The molecule has 0 spiro atoms. The topological polar surface area (TPSA) is 107 Å². The first-order valence-electron chi connectivity index (χ1n) is 10.8. The Morgan fingerprint density at radius 2 is 1.92 bits per heavy atom. The van der Waals surface area contributed by atoms with Crippen LogP contribution in [0.4, 0.5) is 14.5 Å². The van der Waals surface area contributed by atoms with Crippen LogP contribution >= 0.6 is 0 Å². The number of fused-ring (bicyclic) bond motifs is 1. The van der Waals surface area contributed by atoms with Crippen LogP contribution in [0.3, 0.4) is 0 Å². The highest BCUT2D eigenvalue weighted by atomic mass is 19.1.